The molecule has 0 unspecified atom stereocenters. The molecule has 0 atom stereocenters. The van der Waals surface area contributed by atoms with E-state index >= 15 is 0 Å². The average Bonchev–Trinajstić information content (AvgIpc) is 2.51. The molecule has 0 radical (unpaired) electrons. The van der Waals surface area contributed by atoms with Crippen LogP contribution in [-0.2, 0) is 7.05 Å². The van der Waals surface area contributed by atoms with E-state index in [1.807, 2.05) is 0 Å². The van der Waals surface area contributed by atoms with Crippen LogP contribution in [0.15, 0.2) is 0 Å². The predicted molar refractivity (Wildman–Crippen MR) is 64.6 cm³/mol. The summed E-state index contributed by atoms with van der Waals surface area (Å²) in [5, 5.41) is 6.52. The SMILES string of the molecule is Cc1nn(C)c(C(=O)NCCCCC(F)(F)F)c1N. The molecule has 1 aromatic heterocycles. The molecule has 0 fully saturated rings. The molecule has 19 heavy (non-hydrogen) atoms. The zero-order chi connectivity index (χ0) is 14.6. The van der Waals surface area contributed by atoms with E-state index in [0.29, 0.717) is 5.69 Å². The quantitative estimate of drug-likeness (QED) is 0.806. The number of aromatic nitrogens is 2. The van der Waals surface area contributed by atoms with Crippen molar-refractivity contribution in [1.29, 1.82) is 0 Å². The Kier molecular flexibility index (Phi) is 4.79. The summed E-state index contributed by atoms with van der Waals surface area (Å²) < 4.78 is 37.1. The number of carbonyl (C=O) groups excluding carboxylic acids is 1. The standard InChI is InChI=1S/C11H17F3N4O/c1-7-8(15)9(18(2)17-7)10(19)16-6-4-3-5-11(12,13)14/h3-6,15H2,1-2H3,(H,16,19). The van der Waals surface area contributed by atoms with Gasteiger partial charge in [0.2, 0.25) is 0 Å². The highest BCUT2D eigenvalue weighted by molar-refractivity contribution is 5.97. The number of nitrogen functional groups attached to an aromatic ring is 1. The molecule has 0 spiro atoms. The van der Waals surface area contributed by atoms with Crippen LogP contribution in [0.5, 0.6) is 0 Å². The first kappa shape index (κ1) is 15.3. The van der Waals surface area contributed by atoms with E-state index in [-0.39, 0.29) is 30.8 Å². The molecule has 0 aliphatic heterocycles. The van der Waals surface area contributed by atoms with Gasteiger partial charge >= 0.3 is 6.18 Å². The van der Waals surface area contributed by atoms with Gasteiger partial charge < -0.3 is 11.1 Å². The summed E-state index contributed by atoms with van der Waals surface area (Å²) in [5.41, 5.74) is 6.76. The fourth-order valence-corrected chi connectivity index (χ4v) is 1.68. The van der Waals surface area contributed by atoms with E-state index in [1.54, 1.807) is 14.0 Å². The second-order valence-electron chi connectivity index (χ2n) is 4.30. The lowest BCUT2D eigenvalue weighted by atomic mass is 10.2. The number of nitrogens with two attached hydrogens (primary N) is 1. The highest BCUT2D eigenvalue weighted by atomic mass is 19.4. The van der Waals surface area contributed by atoms with Crippen LogP contribution in [0.2, 0.25) is 0 Å². The molecular formula is C11H17F3N4O. The lowest BCUT2D eigenvalue weighted by molar-refractivity contribution is -0.135. The monoisotopic (exact) mass is 278 g/mol. The molecule has 5 nitrogen and oxygen atoms in total. The normalized spacial score (nSPS) is 11.6. The van der Waals surface area contributed by atoms with Crippen molar-refractivity contribution in [2.24, 2.45) is 7.05 Å². The van der Waals surface area contributed by atoms with E-state index in [9.17, 15) is 18.0 Å². The Morgan fingerprint density at radius 1 is 1.42 bits per heavy atom. The van der Waals surface area contributed by atoms with Gasteiger partial charge in [0.25, 0.3) is 5.91 Å². The zero-order valence-corrected chi connectivity index (χ0v) is 10.8. The summed E-state index contributed by atoms with van der Waals surface area (Å²) >= 11 is 0. The molecule has 0 bridgehead atoms. The summed E-state index contributed by atoms with van der Waals surface area (Å²) in [4.78, 5) is 11.8. The van der Waals surface area contributed by atoms with Crippen molar-refractivity contribution < 1.29 is 18.0 Å². The van der Waals surface area contributed by atoms with Gasteiger partial charge in [-0.15, -0.1) is 0 Å². The van der Waals surface area contributed by atoms with Crippen molar-refractivity contribution in [3.8, 4) is 0 Å². The van der Waals surface area contributed by atoms with Crippen LogP contribution in [0.25, 0.3) is 0 Å². The van der Waals surface area contributed by atoms with Crippen LogP contribution >= 0.6 is 0 Å². The molecule has 1 amide bonds. The largest absolute Gasteiger partial charge is 0.395 e. The van der Waals surface area contributed by atoms with E-state index in [1.165, 1.54) is 4.68 Å². The van der Waals surface area contributed by atoms with Gasteiger partial charge in [0.1, 0.15) is 5.69 Å². The number of amides is 1. The van der Waals surface area contributed by atoms with Gasteiger partial charge in [-0.1, -0.05) is 0 Å². The third kappa shape index (κ3) is 4.46. The fourth-order valence-electron chi connectivity index (χ4n) is 1.68. The van der Waals surface area contributed by atoms with Gasteiger partial charge in [-0.25, -0.2) is 0 Å². The molecular weight excluding hydrogens is 261 g/mol. The minimum atomic E-state index is -4.15. The highest BCUT2D eigenvalue weighted by Gasteiger charge is 2.25. The second-order valence-corrected chi connectivity index (χ2v) is 4.30. The Morgan fingerprint density at radius 2 is 2.05 bits per heavy atom. The summed E-state index contributed by atoms with van der Waals surface area (Å²) in [6.07, 6.45) is -4.73. The summed E-state index contributed by atoms with van der Waals surface area (Å²) in [7, 11) is 1.59. The summed E-state index contributed by atoms with van der Waals surface area (Å²) in [5.74, 6) is -0.424. The molecule has 1 rings (SSSR count). The molecule has 8 heteroatoms. The van der Waals surface area contributed by atoms with Crippen LogP contribution in [0.1, 0.15) is 35.4 Å². The van der Waals surface area contributed by atoms with Gasteiger partial charge in [0.15, 0.2) is 0 Å². The molecule has 0 aromatic carbocycles. The Hall–Kier alpha value is -1.73. The van der Waals surface area contributed by atoms with E-state index in [0.717, 1.165) is 0 Å². The fraction of sp³-hybridized carbons (Fsp3) is 0.636. The van der Waals surface area contributed by atoms with Crippen molar-refractivity contribution in [2.45, 2.75) is 32.4 Å². The van der Waals surface area contributed by atoms with Crippen molar-refractivity contribution in [1.82, 2.24) is 15.1 Å². The second kappa shape index (κ2) is 5.94. The Balaban J connectivity index is 2.40. The van der Waals surface area contributed by atoms with E-state index < -0.39 is 18.5 Å². The van der Waals surface area contributed by atoms with E-state index in [4.69, 9.17) is 5.73 Å². The molecule has 3 N–H and O–H groups in total. The first-order valence-corrected chi connectivity index (χ1v) is 5.86. The third-order valence-corrected chi connectivity index (χ3v) is 2.66. The van der Waals surface area contributed by atoms with Gasteiger partial charge in [-0.05, 0) is 19.8 Å². The number of anilines is 1. The molecule has 1 heterocycles. The molecule has 0 saturated carbocycles. The van der Waals surface area contributed by atoms with Crippen molar-refractivity contribution in [2.75, 3.05) is 12.3 Å². The van der Waals surface area contributed by atoms with Crippen molar-refractivity contribution in [3.63, 3.8) is 0 Å². The number of hydrogen-bond acceptors (Lipinski definition) is 3. The third-order valence-electron chi connectivity index (χ3n) is 2.66. The highest BCUT2D eigenvalue weighted by Crippen LogP contribution is 2.22. The Bertz CT molecular complexity index is 454. The molecule has 108 valence electrons. The zero-order valence-electron chi connectivity index (χ0n) is 10.8. The lowest BCUT2D eigenvalue weighted by Gasteiger charge is -2.07. The van der Waals surface area contributed by atoms with Gasteiger partial charge in [-0.3, -0.25) is 9.48 Å². The van der Waals surface area contributed by atoms with Gasteiger partial charge in [-0.2, -0.15) is 18.3 Å². The van der Waals surface area contributed by atoms with Crippen LogP contribution < -0.4 is 11.1 Å². The van der Waals surface area contributed by atoms with Crippen LogP contribution in [-0.4, -0.2) is 28.4 Å². The maximum atomic E-state index is 11.9. The van der Waals surface area contributed by atoms with E-state index in [2.05, 4.69) is 10.4 Å². The Labute approximate surface area is 109 Å². The van der Waals surface area contributed by atoms with Gasteiger partial charge in [0, 0.05) is 20.0 Å². The number of nitrogens with zero attached hydrogens (tertiary/aromatic N) is 2. The summed E-state index contributed by atoms with van der Waals surface area (Å²) in [6.45, 7) is 1.86. The van der Waals surface area contributed by atoms with Crippen LogP contribution in [0.3, 0.4) is 0 Å². The number of alkyl halides is 3. The molecule has 0 aliphatic rings. The summed E-state index contributed by atoms with van der Waals surface area (Å²) in [6, 6.07) is 0. The average molecular weight is 278 g/mol. The predicted octanol–water partition coefficient (Wildman–Crippen LogP) is 1.77. The minimum Gasteiger partial charge on any atom is -0.395 e. The maximum Gasteiger partial charge on any atom is 0.389 e. The molecule has 0 saturated heterocycles. The lowest BCUT2D eigenvalue weighted by Crippen LogP contribution is -2.27. The number of carbonyl (C=O) groups is 1. The first-order chi connectivity index (χ1) is 8.72. The Morgan fingerprint density at radius 3 is 2.53 bits per heavy atom. The molecule has 0 aliphatic carbocycles. The number of hydrogen-bond donors (Lipinski definition) is 2. The molecule has 1 aromatic rings. The number of aryl methyl sites for hydroxylation is 2. The van der Waals surface area contributed by atoms with Gasteiger partial charge in [0.05, 0.1) is 11.4 Å². The minimum absolute atomic E-state index is 0.0102. The number of nitrogens with one attached hydrogen (secondary N) is 1. The van der Waals surface area contributed by atoms with Crippen LogP contribution in [0.4, 0.5) is 18.9 Å². The van der Waals surface area contributed by atoms with Crippen molar-refractivity contribution in [3.05, 3.63) is 11.4 Å². The van der Waals surface area contributed by atoms with Crippen LogP contribution in [0, 0.1) is 6.92 Å². The number of rotatable bonds is 5. The topological polar surface area (TPSA) is 72.9 Å². The van der Waals surface area contributed by atoms with Crippen molar-refractivity contribution >= 4 is 11.6 Å². The first-order valence-electron chi connectivity index (χ1n) is 5.86. The smallest absolute Gasteiger partial charge is 0.389 e. The maximum absolute atomic E-state index is 11.9. The number of unbranched alkanes of at least 4 members (excludes halogenated alkanes) is 1. The number of halogens is 3.